The van der Waals surface area contributed by atoms with E-state index in [0.29, 0.717) is 29.5 Å². The van der Waals surface area contributed by atoms with Gasteiger partial charge in [-0.25, -0.2) is 4.79 Å². The summed E-state index contributed by atoms with van der Waals surface area (Å²) in [4.78, 5) is 16.7. The summed E-state index contributed by atoms with van der Waals surface area (Å²) in [5, 5.41) is 0.308. The lowest BCUT2D eigenvalue weighted by atomic mass is 10.1. The highest BCUT2D eigenvalue weighted by Crippen LogP contribution is 2.29. The van der Waals surface area contributed by atoms with Crippen molar-refractivity contribution in [3.63, 3.8) is 0 Å². The van der Waals surface area contributed by atoms with Crippen LogP contribution in [0.4, 0.5) is 5.69 Å². The molecule has 0 bridgehead atoms. The predicted octanol–water partition coefficient (Wildman–Crippen LogP) is 1.33. The lowest BCUT2D eigenvalue weighted by Crippen LogP contribution is -2.35. The number of nitrogens with zero attached hydrogens (tertiary/aromatic N) is 2. The summed E-state index contributed by atoms with van der Waals surface area (Å²) in [5.74, 6) is -0.0883. The number of hydrogen-bond acceptors (Lipinski definition) is 6. The molecular formula is C15H22ClN3O3. The number of methoxy groups -OCH3 is 1. The van der Waals surface area contributed by atoms with Crippen LogP contribution in [0, 0.1) is 0 Å². The number of benzene rings is 1. The minimum Gasteiger partial charge on any atom is -0.496 e. The molecule has 0 radical (unpaired) electrons. The van der Waals surface area contributed by atoms with Crippen molar-refractivity contribution in [1.82, 2.24) is 9.80 Å². The number of rotatable bonds is 3. The van der Waals surface area contributed by atoms with Crippen molar-refractivity contribution in [3.05, 3.63) is 22.7 Å². The molecule has 0 saturated carbocycles. The van der Waals surface area contributed by atoms with Crippen molar-refractivity contribution in [2.45, 2.75) is 6.10 Å². The Balaban J connectivity index is 2.16. The van der Waals surface area contributed by atoms with Gasteiger partial charge in [0.1, 0.15) is 17.4 Å². The van der Waals surface area contributed by atoms with E-state index < -0.39 is 5.97 Å². The number of carbonyl (C=O) groups is 1. The minimum absolute atomic E-state index is 0.203. The lowest BCUT2D eigenvalue weighted by Gasteiger charge is -2.22. The highest BCUT2D eigenvalue weighted by atomic mass is 35.5. The van der Waals surface area contributed by atoms with Gasteiger partial charge in [-0.3, -0.25) is 0 Å². The number of anilines is 1. The summed E-state index contributed by atoms with van der Waals surface area (Å²) in [6.45, 7) is 3.28. The molecule has 122 valence electrons. The fourth-order valence-corrected chi connectivity index (χ4v) is 2.63. The molecular weight excluding hydrogens is 306 g/mol. The van der Waals surface area contributed by atoms with Crippen LogP contribution in [-0.4, -0.2) is 69.3 Å². The van der Waals surface area contributed by atoms with E-state index >= 15 is 0 Å². The van der Waals surface area contributed by atoms with Gasteiger partial charge in [0.25, 0.3) is 0 Å². The van der Waals surface area contributed by atoms with Gasteiger partial charge in [0.15, 0.2) is 0 Å². The molecule has 1 aromatic carbocycles. The molecule has 1 aromatic rings. The second-order valence-corrected chi connectivity index (χ2v) is 6.03. The quantitative estimate of drug-likeness (QED) is 0.667. The number of ether oxygens (including phenoxy) is 2. The van der Waals surface area contributed by atoms with E-state index in [2.05, 4.69) is 9.80 Å². The third-order valence-electron chi connectivity index (χ3n) is 3.71. The average Bonchev–Trinajstić information content (AvgIpc) is 2.62. The molecule has 1 heterocycles. The molecule has 0 amide bonds. The van der Waals surface area contributed by atoms with E-state index in [9.17, 15) is 4.79 Å². The molecule has 1 aliphatic heterocycles. The van der Waals surface area contributed by atoms with E-state index in [1.54, 1.807) is 0 Å². The second kappa shape index (κ2) is 7.17. The van der Waals surface area contributed by atoms with Crippen molar-refractivity contribution in [1.29, 1.82) is 0 Å². The summed E-state index contributed by atoms with van der Waals surface area (Å²) >= 11 is 6.00. The number of likely N-dealkylation sites (N-methyl/N-ethyl adjacent to an activating group) is 2. The Morgan fingerprint density at radius 1 is 1.27 bits per heavy atom. The summed E-state index contributed by atoms with van der Waals surface area (Å²) in [6.07, 6.45) is -0.203. The van der Waals surface area contributed by atoms with Gasteiger partial charge in [-0.05, 0) is 20.2 Å². The molecule has 7 heteroatoms. The molecule has 0 atom stereocenters. The van der Waals surface area contributed by atoms with Crippen LogP contribution in [0.3, 0.4) is 0 Å². The Morgan fingerprint density at radius 2 is 1.86 bits per heavy atom. The van der Waals surface area contributed by atoms with Gasteiger partial charge < -0.3 is 25.0 Å². The zero-order valence-corrected chi connectivity index (χ0v) is 13.9. The Bertz CT molecular complexity index is 541. The van der Waals surface area contributed by atoms with Crippen molar-refractivity contribution in [3.8, 4) is 5.75 Å². The SMILES string of the molecule is COc1cc(N)c(Cl)cc1C(=O)OC1CN(C)CCN(C)C1. The smallest absolute Gasteiger partial charge is 0.342 e. The first kappa shape index (κ1) is 16.9. The number of halogens is 1. The highest BCUT2D eigenvalue weighted by molar-refractivity contribution is 6.33. The van der Waals surface area contributed by atoms with Crippen LogP contribution in [0.15, 0.2) is 12.1 Å². The standard InChI is InChI=1S/C15H22ClN3O3/c1-18-4-5-19(2)9-10(8-18)22-15(20)11-6-12(16)13(17)7-14(11)21-3/h6-7,10H,4-5,8-9,17H2,1-3H3. The molecule has 22 heavy (non-hydrogen) atoms. The van der Waals surface area contributed by atoms with Crippen LogP contribution in [-0.2, 0) is 4.74 Å². The first-order valence-electron chi connectivity index (χ1n) is 7.11. The van der Waals surface area contributed by atoms with E-state index in [0.717, 1.165) is 13.1 Å². The predicted molar refractivity (Wildman–Crippen MR) is 86.6 cm³/mol. The summed E-state index contributed by atoms with van der Waals surface area (Å²) in [7, 11) is 5.51. The zero-order valence-electron chi connectivity index (χ0n) is 13.1. The van der Waals surface area contributed by atoms with Gasteiger partial charge in [-0.2, -0.15) is 0 Å². The number of nitrogen functional groups attached to an aromatic ring is 1. The average molecular weight is 328 g/mol. The molecule has 0 aromatic heterocycles. The molecule has 0 aliphatic carbocycles. The molecule has 2 rings (SSSR count). The van der Waals surface area contributed by atoms with Gasteiger partial charge >= 0.3 is 5.97 Å². The fraction of sp³-hybridized carbons (Fsp3) is 0.533. The largest absolute Gasteiger partial charge is 0.496 e. The van der Waals surface area contributed by atoms with Gasteiger partial charge in [-0.15, -0.1) is 0 Å². The monoisotopic (exact) mass is 327 g/mol. The number of hydrogen-bond donors (Lipinski definition) is 1. The van der Waals surface area contributed by atoms with Gasteiger partial charge in [0.05, 0.1) is 17.8 Å². The molecule has 0 unspecified atom stereocenters. The van der Waals surface area contributed by atoms with Crippen LogP contribution in [0.2, 0.25) is 5.02 Å². The Labute approximate surface area is 135 Å². The van der Waals surface area contributed by atoms with Gasteiger partial charge in [0.2, 0.25) is 0 Å². The minimum atomic E-state index is -0.451. The maximum absolute atomic E-state index is 12.4. The normalized spacial score (nSPS) is 18.0. The summed E-state index contributed by atoms with van der Waals surface area (Å²) in [6, 6.07) is 3.02. The molecule has 1 fully saturated rings. The molecule has 1 saturated heterocycles. The third-order valence-corrected chi connectivity index (χ3v) is 4.03. The first-order chi connectivity index (χ1) is 10.4. The fourth-order valence-electron chi connectivity index (χ4n) is 2.46. The molecule has 1 aliphatic rings. The third kappa shape index (κ3) is 4.03. The number of nitrogens with two attached hydrogens (primary N) is 1. The summed E-state index contributed by atoms with van der Waals surface area (Å²) < 4.78 is 10.8. The first-order valence-corrected chi connectivity index (χ1v) is 7.49. The lowest BCUT2D eigenvalue weighted by molar-refractivity contribution is 0.0209. The van der Waals surface area contributed by atoms with Crippen LogP contribution in [0.5, 0.6) is 5.75 Å². The van der Waals surface area contributed by atoms with Gasteiger partial charge in [0, 0.05) is 32.2 Å². The van der Waals surface area contributed by atoms with E-state index in [1.165, 1.54) is 19.2 Å². The van der Waals surface area contributed by atoms with Crippen LogP contribution >= 0.6 is 11.6 Å². The topological polar surface area (TPSA) is 68.0 Å². The Kier molecular flexibility index (Phi) is 5.50. The Morgan fingerprint density at radius 3 is 2.41 bits per heavy atom. The van der Waals surface area contributed by atoms with Gasteiger partial charge in [-0.1, -0.05) is 11.6 Å². The van der Waals surface area contributed by atoms with Crippen LogP contribution < -0.4 is 10.5 Å². The van der Waals surface area contributed by atoms with E-state index in [4.69, 9.17) is 26.8 Å². The number of esters is 1. The highest BCUT2D eigenvalue weighted by Gasteiger charge is 2.24. The van der Waals surface area contributed by atoms with Crippen molar-refractivity contribution >= 4 is 23.3 Å². The molecule has 2 N–H and O–H groups in total. The van der Waals surface area contributed by atoms with Crippen molar-refractivity contribution in [2.75, 3.05) is 53.1 Å². The second-order valence-electron chi connectivity index (χ2n) is 5.63. The van der Waals surface area contributed by atoms with Crippen molar-refractivity contribution in [2.24, 2.45) is 0 Å². The number of carbonyl (C=O) groups excluding carboxylic acids is 1. The zero-order chi connectivity index (χ0) is 16.3. The van der Waals surface area contributed by atoms with Crippen LogP contribution in [0.1, 0.15) is 10.4 Å². The summed E-state index contributed by atoms with van der Waals surface area (Å²) in [5.41, 5.74) is 6.38. The maximum atomic E-state index is 12.4. The van der Waals surface area contributed by atoms with E-state index in [1.807, 2.05) is 14.1 Å². The van der Waals surface area contributed by atoms with E-state index in [-0.39, 0.29) is 11.7 Å². The Hall–Kier alpha value is -1.50. The molecule has 0 spiro atoms. The van der Waals surface area contributed by atoms with Crippen molar-refractivity contribution < 1.29 is 14.3 Å². The maximum Gasteiger partial charge on any atom is 0.342 e. The van der Waals surface area contributed by atoms with Crippen LogP contribution in [0.25, 0.3) is 0 Å². The molecule has 6 nitrogen and oxygen atoms in total.